The molecule has 2 fully saturated rings. The lowest BCUT2D eigenvalue weighted by atomic mass is 9.83. The monoisotopic (exact) mass is 252 g/mol. The van der Waals surface area contributed by atoms with Crippen LogP contribution in [0.15, 0.2) is 0 Å². The highest BCUT2D eigenvalue weighted by molar-refractivity contribution is 4.80. The smallest absolute Gasteiger partial charge is 0.0107 e. The Balaban J connectivity index is 1.62. The van der Waals surface area contributed by atoms with E-state index in [1.165, 1.54) is 71.1 Å². The molecule has 1 N–H and O–H groups in total. The second-order valence-corrected chi connectivity index (χ2v) is 6.54. The lowest BCUT2D eigenvalue weighted by Gasteiger charge is -2.34. The zero-order valence-electron chi connectivity index (χ0n) is 12.5. The van der Waals surface area contributed by atoms with Gasteiger partial charge >= 0.3 is 0 Å². The molecule has 1 saturated carbocycles. The largest absolute Gasteiger partial charge is 0.312 e. The van der Waals surface area contributed by atoms with Gasteiger partial charge in [0, 0.05) is 19.1 Å². The minimum atomic E-state index is 0.812. The molecule has 2 aliphatic rings. The number of nitrogens with zero attached hydrogens (tertiary/aromatic N) is 1. The summed E-state index contributed by atoms with van der Waals surface area (Å²) < 4.78 is 0. The number of hydrogen-bond donors (Lipinski definition) is 1. The van der Waals surface area contributed by atoms with Crippen molar-refractivity contribution in [2.75, 3.05) is 26.2 Å². The van der Waals surface area contributed by atoms with Gasteiger partial charge in [-0.1, -0.05) is 33.1 Å². The lowest BCUT2D eigenvalue weighted by Crippen LogP contribution is -2.43. The molecule has 1 saturated heterocycles. The molecule has 2 rings (SSSR count). The predicted octanol–water partition coefficient (Wildman–Crippen LogP) is 3.28. The Morgan fingerprint density at radius 2 is 1.78 bits per heavy atom. The predicted molar refractivity (Wildman–Crippen MR) is 78.9 cm³/mol. The van der Waals surface area contributed by atoms with Crippen molar-refractivity contribution in [2.45, 2.75) is 64.8 Å². The third-order valence-corrected chi connectivity index (χ3v) is 5.14. The van der Waals surface area contributed by atoms with Gasteiger partial charge in [-0.3, -0.25) is 0 Å². The van der Waals surface area contributed by atoms with E-state index in [1.807, 2.05) is 0 Å². The average Bonchev–Trinajstić information content (AvgIpc) is 2.41. The summed E-state index contributed by atoms with van der Waals surface area (Å²) in [5.74, 6) is 1.90. The van der Waals surface area contributed by atoms with Crippen molar-refractivity contribution in [3.05, 3.63) is 0 Å². The summed E-state index contributed by atoms with van der Waals surface area (Å²) >= 11 is 0. The second kappa shape index (κ2) is 7.49. The molecule has 0 aromatic heterocycles. The Labute approximate surface area is 114 Å². The second-order valence-electron chi connectivity index (χ2n) is 6.54. The molecule has 0 aromatic carbocycles. The summed E-state index contributed by atoms with van der Waals surface area (Å²) in [7, 11) is 0. The minimum Gasteiger partial charge on any atom is -0.312 e. The van der Waals surface area contributed by atoms with E-state index in [0.717, 1.165) is 17.9 Å². The summed E-state index contributed by atoms with van der Waals surface area (Å²) in [6.07, 6.45) is 9.93. The fourth-order valence-corrected chi connectivity index (χ4v) is 3.66. The van der Waals surface area contributed by atoms with Crippen LogP contribution < -0.4 is 5.32 Å². The molecule has 0 amide bonds. The maximum absolute atomic E-state index is 3.84. The normalized spacial score (nSPS) is 31.7. The van der Waals surface area contributed by atoms with E-state index in [1.54, 1.807) is 0 Å². The van der Waals surface area contributed by atoms with E-state index in [-0.39, 0.29) is 0 Å². The third-order valence-electron chi connectivity index (χ3n) is 5.14. The number of rotatable bonds is 5. The lowest BCUT2D eigenvalue weighted by molar-refractivity contribution is 0.182. The number of likely N-dealkylation sites (tertiary alicyclic amines) is 1. The first-order valence-electron chi connectivity index (χ1n) is 8.25. The van der Waals surface area contributed by atoms with Crippen LogP contribution in [0.2, 0.25) is 0 Å². The molecule has 2 unspecified atom stereocenters. The molecule has 0 aromatic rings. The Morgan fingerprint density at radius 1 is 1.06 bits per heavy atom. The van der Waals surface area contributed by atoms with Crippen LogP contribution in [-0.2, 0) is 0 Å². The molecule has 18 heavy (non-hydrogen) atoms. The summed E-state index contributed by atoms with van der Waals surface area (Å²) in [5, 5.41) is 3.84. The van der Waals surface area contributed by atoms with Gasteiger partial charge in [-0.05, 0) is 50.6 Å². The quantitative estimate of drug-likeness (QED) is 0.808. The Kier molecular flexibility index (Phi) is 5.97. The molecule has 0 radical (unpaired) electrons. The van der Waals surface area contributed by atoms with Gasteiger partial charge in [-0.15, -0.1) is 0 Å². The zero-order chi connectivity index (χ0) is 12.8. The Hall–Kier alpha value is -0.0800. The van der Waals surface area contributed by atoms with Crippen LogP contribution in [0.4, 0.5) is 0 Å². The first-order valence-corrected chi connectivity index (χ1v) is 8.25. The van der Waals surface area contributed by atoms with E-state index in [4.69, 9.17) is 0 Å². The topological polar surface area (TPSA) is 15.3 Å². The molecule has 1 aliphatic heterocycles. The van der Waals surface area contributed by atoms with Crippen molar-refractivity contribution < 1.29 is 0 Å². The van der Waals surface area contributed by atoms with Crippen molar-refractivity contribution in [1.82, 2.24) is 10.2 Å². The van der Waals surface area contributed by atoms with E-state index in [9.17, 15) is 0 Å². The molecule has 2 nitrogen and oxygen atoms in total. The minimum absolute atomic E-state index is 0.812. The number of hydrogen-bond acceptors (Lipinski definition) is 2. The van der Waals surface area contributed by atoms with Gasteiger partial charge in [0.25, 0.3) is 0 Å². The van der Waals surface area contributed by atoms with Crippen LogP contribution in [0.1, 0.15) is 58.8 Å². The van der Waals surface area contributed by atoms with Crippen molar-refractivity contribution in [3.8, 4) is 0 Å². The highest BCUT2D eigenvalue weighted by Gasteiger charge is 2.23. The van der Waals surface area contributed by atoms with Gasteiger partial charge in [0.2, 0.25) is 0 Å². The van der Waals surface area contributed by atoms with E-state index in [2.05, 4.69) is 24.1 Å². The first-order chi connectivity index (χ1) is 8.79. The van der Waals surface area contributed by atoms with Gasteiger partial charge < -0.3 is 10.2 Å². The highest BCUT2D eigenvalue weighted by Crippen LogP contribution is 2.26. The van der Waals surface area contributed by atoms with Crippen molar-refractivity contribution in [3.63, 3.8) is 0 Å². The fourth-order valence-electron chi connectivity index (χ4n) is 3.66. The van der Waals surface area contributed by atoms with Crippen molar-refractivity contribution in [1.29, 1.82) is 0 Å². The molecular formula is C16H32N2. The standard InChI is InChI=1S/C16H32N2/c1-3-15-6-4-5-7-16(15)17-10-13-18-11-8-14(2)9-12-18/h14-17H,3-13H2,1-2H3. The molecule has 1 heterocycles. The van der Waals surface area contributed by atoms with Crippen LogP contribution in [0.3, 0.4) is 0 Å². The van der Waals surface area contributed by atoms with E-state index in [0.29, 0.717) is 0 Å². The van der Waals surface area contributed by atoms with Gasteiger partial charge in [0.1, 0.15) is 0 Å². The van der Waals surface area contributed by atoms with Gasteiger partial charge in [-0.2, -0.15) is 0 Å². The maximum Gasteiger partial charge on any atom is 0.0107 e. The van der Waals surface area contributed by atoms with Crippen LogP contribution >= 0.6 is 0 Å². The van der Waals surface area contributed by atoms with Gasteiger partial charge in [-0.25, -0.2) is 0 Å². The van der Waals surface area contributed by atoms with Crippen LogP contribution in [0.25, 0.3) is 0 Å². The molecule has 0 bridgehead atoms. The van der Waals surface area contributed by atoms with Crippen LogP contribution in [0.5, 0.6) is 0 Å². The highest BCUT2D eigenvalue weighted by atomic mass is 15.1. The SMILES string of the molecule is CCC1CCCCC1NCCN1CCC(C)CC1. The number of piperidine rings is 1. The first kappa shape index (κ1) is 14.3. The molecule has 1 aliphatic carbocycles. The van der Waals surface area contributed by atoms with Crippen LogP contribution in [0, 0.1) is 11.8 Å². The van der Waals surface area contributed by atoms with Crippen LogP contribution in [-0.4, -0.2) is 37.1 Å². The summed E-state index contributed by atoms with van der Waals surface area (Å²) in [5.41, 5.74) is 0. The molecule has 2 atom stereocenters. The molecule has 106 valence electrons. The molecular weight excluding hydrogens is 220 g/mol. The fraction of sp³-hybridized carbons (Fsp3) is 1.00. The molecule has 0 spiro atoms. The maximum atomic E-state index is 3.84. The average molecular weight is 252 g/mol. The number of nitrogens with one attached hydrogen (secondary N) is 1. The van der Waals surface area contributed by atoms with Gasteiger partial charge in [0.15, 0.2) is 0 Å². The zero-order valence-corrected chi connectivity index (χ0v) is 12.5. The van der Waals surface area contributed by atoms with E-state index < -0.39 is 0 Å². The molecule has 2 heteroatoms. The van der Waals surface area contributed by atoms with Crippen molar-refractivity contribution in [2.24, 2.45) is 11.8 Å². The summed E-state index contributed by atoms with van der Waals surface area (Å²) in [4.78, 5) is 2.65. The summed E-state index contributed by atoms with van der Waals surface area (Å²) in [6.45, 7) is 9.87. The van der Waals surface area contributed by atoms with Crippen molar-refractivity contribution >= 4 is 0 Å². The van der Waals surface area contributed by atoms with Gasteiger partial charge in [0.05, 0.1) is 0 Å². The Bertz CT molecular complexity index is 221. The summed E-state index contributed by atoms with van der Waals surface area (Å²) in [6, 6.07) is 0.812. The Morgan fingerprint density at radius 3 is 2.50 bits per heavy atom. The third kappa shape index (κ3) is 4.24. The van der Waals surface area contributed by atoms with E-state index >= 15 is 0 Å².